The third kappa shape index (κ3) is 4.10. The van der Waals surface area contributed by atoms with Crippen LogP contribution in [0.4, 0.5) is 0 Å². The number of carbonyl (C=O) groups excluding carboxylic acids is 1. The van der Waals surface area contributed by atoms with Crippen LogP contribution in [-0.2, 0) is 11.3 Å². The van der Waals surface area contributed by atoms with Crippen LogP contribution in [0.5, 0.6) is 0 Å². The van der Waals surface area contributed by atoms with Crippen molar-refractivity contribution in [1.82, 2.24) is 15.0 Å². The molecule has 136 valence electrons. The van der Waals surface area contributed by atoms with Gasteiger partial charge in [-0.05, 0) is 82.4 Å². The van der Waals surface area contributed by atoms with Gasteiger partial charge in [0.15, 0.2) is 0 Å². The smallest absolute Gasteiger partial charge is 0.338 e. The maximum Gasteiger partial charge on any atom is 0.338 e. The molecule has 0 N–H and O–H groups in total. The summed E-state index contributed by atoms with van der Waals surface area (Å²) in [6.45, 7) is 0.200. The van der Waals surface area contributed by atoms with Crippen LogP contribution < -0.4 is 0 Å². The number of benzene rings is 1. The molecule has 0 unspecified atom stereocenters. The van der Waals surface area contributed by atoms with Crippen LogP contribution in [0.1, 0.15) is 15.9 Å². The zero-order valence-electron chi connectivity index (χ0n) is 15.0. The standard InChI is InChI=1S/C23H17N3O2/c27-23(28-16-17-1-7-24-8-2-17)22-14-20(18-3-9-25-10-4-18)13-21(15-22)19-5-11-26-12-6-19/h1-15H,16H2. The number of hydrogen-bond acceptors (Lipinski definition) is 5. The Labute approximate surface area is 162 Å². The van der Waals surface area contributed by atoms with E-state index in [9.17, 15) is 4.79 Å². The molecule has 0 aliphatic carbocycles. The number of pyridine rings is 3. The van der Waals surface area contributed by atoms with Crippen molar-refractivity contribution in [3.05, 3.63) is 103 Å². The monoisotopic (exact) mass is 367 g/mol. The third-order valence-electron chi connectivity index (χ3n) is 4.32. The lowest BCUT2D eigenvalue weighted by Crippen LogP contribution is -2.06. The highest BCUT2D eigenvalue weighted by Crippen LogP contribution is 2.28. The lowest BCUT2D eigenvalue weighted by atomic mass is 9.97. The Hall–Kier alpha value is -3.86. The van der Waals surface area contributed by atoms with Crippen molar-refractivity contribution in [3.8, 4) is 22.3 Å². The van der Waals surface area contributed by atoms with Crippen LogP contribution in [0.2, 0.25) is 0 Å². The van der Waals surface area contributed by atoms with Gasteiger partial charge in [0, 0.05) is 37.2 Å². The quantitative estimate of drug-likeness (QED) is 0.484. The molecular formula is C23H17N3O2. The Morgan fingerprint density at radius 1 is 0.643 bits per heavy atom. The van der Waals surface area contributed by atoms with Crippen LogP contribution >= 0.6 is 0 Å². The Balaban J connectivity index is 1.68. The van der Waals surface area contributed by atoms with Crippen molar-refractivity contribution < 1.29 is 9.53 Å². The summed E-state index contributed by atoms with van der Waals surface area (Å²) in [5.74, 6) is -0.372. The average molecular weight is 367 g/mol. The van der Waals surface area contributed by atoms with Crippen LogP contribution in [0, 0.1) is 0 Å². The van der Waals surface area contributed by atoms with Crippen molar-refractivity contribution >= 4 is 5.97 Å². The highest BCUT2D eigenvalue weighted by atomic mass is 16.5. The third-order valence-corrected chi connectivity index (χ3v) is 4.32. The van der Waals surface area contributed by atoms with Gasteiger partial charge >= 0.3 is 5.97 Å². The van der Waals surface area contributed by atoms with Crippen LogP contribution in [0.3, 0.4) is 0 Å². The van der Waals surface area contributed by atoms with E-state index >= 15 is 0 Å². The topological polar surface area (TPSA) is 65.0 Å². The molecular weight excluding hydrogens is 350 g/mol. The summed E-state index contributed by atoms with van der Waals surface area (Å²) in [7, 11) is 0. The second-order valence-corrected chi connectivity index (χ2v) is 6.20. The van der Waals surface area contributed by atoms with E-state index in [2.05, 4.69) is 15.0 Å². The normalized spacial score (nSPS) is 10.4. The van der Waals surface area contributed by atoms with Gasteiger partial charge in [0.05, 0.1) is 5.56 Å². The lowest BCUT2D eigenvalue weighted by Gasteiger charge is -2.11. The number of aromatic nitrogens is 3. The number of ether oxygens (including phenoxy) is 1. The fourth-order valence-corrected chi connectivity index (χ4v) is 2.88. The van der Waals surface area contributed by atoms with Crippen molar-refractivity contribution in [3.63, 3.8) is 0 Å². The van der Waals surface area contributed by atoms with Crippen molar-refractivity contribution in [1.29, 1.82) is 0 Å². The van der Waals surface area contributed by atoms with Crippen LogP contribution in [0.15, 0.2) is 91.8 Å². The summed E-state index contributed by atoms with van der Waals surface area (Å²) < 4.78 is 5.50. The van der Waals surface area contributed by atoms with E-state index in [0.717, 1.165) is 27.8 Å². The number of esters is 1. The minimum Gasteiger partial charge on any atom is -0.457 e. The summed E-state index contributed by atoms with van der Waals surface area (Å²) in [5, 5.41) is 0. The fraction of sp³-hybridized carbons (Fsp3) is 0.0435. The average Bonchev–Trinajstić information content (AvgIpc) is 2.79. The van der Waals surface area contributed by atoms with Crippen molar-refractivity contribution in [2.24, 2.45) is 0 Å². The molecule has 0 saturated heterocycles. The Morgan fingerprint density at radius 3 is 1.61 bits per heavy atom. The van der Waals surface area contributed by atoms with E-state index in [1.54, 1.807) is 37.2 Å². The van der Waals surface area contributed by atoms with Gasteiger partial charge in [0.2, 0.25) is 0 Å². The molecule has 0 aliphatic heterocycles. The van der Waals surface area contributed by atoms with E-state index in [1.165, 1.54) is 0 Å². The molecule has 5 heteroatoms. The largest absolute Gasteiger partial charge is 0.457 e. The minimum absolute atomic E-state index is 0.200. The number of nitrogens with zero attached hydrogens (tertiary/aromatic N) is 3. The Bertz CT molecular complexity index is 1010. The van der Waals surface area contributed by atoms with Crippen molar-refractivity contribution in [2.75, 3.05) is 0 Å². The SMILES string of the molecule is O=C(OCc1ccncc1)c1cc(-c2ccncc2)cc(-c2ccncc2)c1. The molecule has 0 atom stereocenters. The molecule has 0 spiro atoms. The highest BCUT2D eigenvalue weighted by Gasteiger charge is 2.13. The molecule has 3 aromatic heterocycles. The molecule has 0 aliphatic rings. The maximum atomic E-state index is 12.7. The number of rotatable bonds is 5. The summed E-state index contributed by atoms with van der Waals surface area (Å²) in [5.41, 5.74) is 5.20. The van der Waals surface area contributed by atoms with Crippen molar-refractivity contribution in [2.45, 2.75) is 6.61 Å². The van der Waals surface area contributed by atoms with Gasteiger partial charge in [-0.2, -0.15) is 0 Å². The Kier molecular flexibility index (Phi) is 5.15. The number of carbonyl (C=O) groups is 1. The maximum absolute atomic E-state index is 12.7. The zero-order chi connectivity index (χ0) is 19.2. The van der Waals surface area contributed by atoms with E-state index < -0.39 is 0 Å². The van der Waals surface area contributed by atoms with Gasteiger partial charge in [-0.3, -0.25) is 15.0 Å². The second-order valence-electron chi connectivity index (χ2n) is 6.20. The molecule has 0 saturated carbocycles. The molecule has 4 aromatic rings. The van der Waals surface area contributed by atoms with E-state index in [-0.39, 0.29) is 12.6 Å². The van der Waals surface area contributed by atoms with Gasteiger partial charge in [-0.25, -0.2) is 4.79 Å². The van der Waals surface area contributed by atoms with Gasteiger partial charge in [0.25, 0.3) is 0 Å². The van der Waals surface area contributed by atoms with Gasteiger partial charge in [-0.1, -0.05) is 0 Å². The molecule has 0 fully saturated rings. The first-order valence-corrected chi connectivity index (χ1v) is 8.81. The van der Waals surface area contributed by atoms with Gasteiger partial charge in [0.1, 0.15) is 6.61 Å². The summed E-state index contributed by atoms with van der Waals surface area (Å²) in [6.07, 6.45) is 10.3. The summed E-state index contributed by atoms with van der Waals surface area (Å²) >= 11 is 0. The number of hydrogen-bond donors (Lipinski definition) is 0. The van der Waals surface area contributed by atoms with Gasteiger partial charge < -0.3 is 4.74 Å². The molecule has 5 nitrogen and oxygen atoms in total. The van der Waals surface area contributed by atoms with E-state index in [1.807, 2.05) is 54.6 Å². The molecule has 0 amide bonds. The fourth-order valence-electron chi connectivity index (χ4n) is 2.88. The predicted molar refractivity (Wildman–Crippen MR) is 106 cm³/mol. The molecule has 3 heterocycles. The van der Waals surface area contributed by atoms with Gasteiger partial charge in [-0.15, -0.1) is 0 Å². The first-order valence-electron chi connectivity index (χ1n) is 8.81. The minimum atomic E-state index is -0.372. The first-order chi connectivity index (χ1) is 13.8. The first kappa shape index (κ1) is 17.5. The lowest BCUT2D eigenvalue weighted by molar-refractivity contribution is 0.0472. The highest BCUT2D eigenvalue weighted by molar-refractivity contribution is 5.93. The molecule has 4 rings (SSSR count). The zero-order valence-corrected chi connectivity index (χ0v) is 15.0. The van der Waals surface area contributed by atoms with Crippen LogP contribution in [-0.4, -0.2) is 20.9 Å². The van der Waals surface area contributed by atoms with E-state index in [0.29, 0.717) is 5.56 Å². The summed E-state index contributed by atoms with van der Waals surface area (Å²) in [6, 6.07) is 17.0. The molecule has 28 heavy (non-hydrogen) atoms. The Morgan fingerprint density at radius 2 is 1.11 bits per heavy atom. The molecule has 1 aromatic carbocycles. The predicted octanol–water partition coefficient (Wildman–Crippen LogP) is 4.56. The second kappa shape index (κ2) is 8.22. The van der Waals surface area contributed by atoms with E-state index in [4.69, 9.17) is 4.74 Å². The molecule has 0 bridgehead atoms. The van der Waals surface area contributed by atoms with Crippen LogP contribution in [0.25, 0.3) is 22.3 Å². The molecule has 0 radical (unpaired) electrons. The summed E-state index contributed by atoms with van der Waals surface area (Å²) in [4.78, 5) is 24.8.